The number of nitrogens with zero attached hydrogens (tertiary/aromatic N) is 4. The Morgan fingerprint density at radius 1 is 0.625 bits per heavy atom. The van der Waals surface area contributed by atoms with Crippen LogP contribution in [0.2, 0.25) is 0 Å². The molecular weight excluding hydrogens is 526 g/mol. The fourth-order valence-electron chi connectivity index (χ4n) is 3.83. The molecule has 0 aliphatic carbocycles. The molecule has 32 heavy (non-hydrogen) atoms. The first kappa shape index (κ1) is 28.4. The zero-order chi connectivity index (χ0) is 20.7. The molecule has 0 unspecified atom stereocenters. The molecule has 0 spiro atoms. The van der Waals surface area contributed by atoms with Crippen LogP contribution in [-0.4, -0.2) is 18.7 Å². The van der Waals surface area contributed by atoms with Gasteiger partial charge in [0.1, 0.15) is 9.28 Å². The summed E-state index contributed by atoms with van der Waals surface area (Å²) >= 11 is 11.8. The first-order valence-electron chi connectivity index (χ1n) is 9.57. The Bertz CT molecular complexity index is 1200. The second-order valence-electron chi connectivity index (χ2n) is 7.26. The molecule has 0 atom stereocenters. The largest absolute Gasteiger partial charge is 2.00 e. The van der Waals surface area contributed by atoms with Crippen molar-refractivity contribution in [2.45, 2.75) is 20.3 Å². The molecule has 4 rings (SSSR count). The Labute approximate surface area is 221 Å². The van der Waals surface area contributed by atoms with Gasteiger partial charge < -0.3 is 24.8 Å². The predicted octanol–water partition coefficient (Wildman–Crippen LogP) is -0.383. The van der Waals surface area contributed by atoms with Crippen molar-refractivity contribution in [2.75, 3.05) is 0 Å². The van der Waals surface area contributed by atoms with E-state index in [1.807, 2.05) is 36.4 Å². The van der Waals surface area contributed by atoms with Crippen molar-refractivity contribution in [1.29, 1.82) is 0 Å². The summed E-state index contributed by atoms with van der Waals surface area (Å²) < 4.78 is 10.1. The van der Waals surface area contributed by atoms with Gasteiger partial charge in [-0.2, -0.15) is 0 Å². The van der Waals surface area contributed by atoms with Gasteiger partial charge in [-0.25, -0.2) is 9.36 Å². The Kier molecular flexibility index (Phi) is 10.2. The van der Waals surface area contributed by atoms with Crippen molar-refractivity contribution >= 4 is 24.4 Å². The Morgan fingerprint density at radius 3 is 1.25 bits per heavy atom. The molecule has 171 valence electrons. The average molecular weight is 550 g/mol. The summed E-state index contributed by atoms with van der Waals surface area (Å²) in [6.45, 7) is 4.24. The van der Waals surface area contributed by atoms with Gasteiger partial charge >= 0.3 is 16.8 Å². The molecule has 4 nitrogen and oxygen atoms in total. The van der Waals surface area contributed by atoms with Gasteiger partial charge in [-0.3, -0.25) is 9.36 Å². The topological polar surface area (TPSA) is 19.7 Å². The molecule has 2 aromatic carbocycles. The number of para-hydroxylation sites is 2. The number of benzene rings is 2. The standard InChI is InChI=1S/C23H24N4S2.2ClH.Co/c1-16-20(22(28)26(24(16)3)18-11-7-5-8-12-18)15-21-17(2)25(4)27(23(21)29)19-13-9-6-10-14-19;;;/h5-14H,15H2,1-4H3;2*1H;/q;;;+2/p-2. The maximum Gasteiger partial charge on any atom is 2.00 e. The monoisotopic (exact) mass is 549 g/mol. The summed E-state index contributed by atoms with van der Waals surface area (Å²) in [7, 11) is 4.11. The van der Waals surface area contributed by atoms with Crippen molar-refractivity contribution in [3.05, 3.63) is 92.5 Å². The van der Waals surface area contributed by atoms with Crippen LogP contribution in [0.25, 0.3) is 11.4 Å². The number of rotatable bonds is 4. The molecule has 0 fully saturated rings. The molecular formula is C23H24Cl2CoN4S2. The van der Waals surface area contributed by atoms with Gasteiger partial charge in [0.05, 0.1) is 11.4 Å². The van der Waals surface area contributed by atoms with Crippen LogP contribution in [0.4, 0.5) is 0 Å². The van der Waals surface area contributed by atoms with Crippen molar-refractivity contribution < 1.29 is 41.6 Å². The van der Waals surface area contributed by atoms with E-state index >= 15 is 0 Å². The molecule has 2 heterocycles. The third-order valence-corrected chi connectivity index (χ3v) is 6.54. The quantitative estimate of drug-likeness (QED) is 0.323. The summed E-state index contributed by atoms with van der Waals surface area (Å²) in [5, 5.41) is 0. The number of hydrogen-bond acceptors (Lipinski definition) is 2. The van der Waals surface area contributed by atoms with Crippen LogP contribution in [-0.2, 0) is 37.3 Å². The van der Waals surface area contributed by atoms with Crippen molar-refractivity contribution in [3.63, 3.8) is 0 Å². The van der Waals surface area contributed by atoms with Crippen LogP contribution in [0, 0.1) is 23.1 Å². The molecule has 0 saturated carbocycles. The fourth-order valence-corrected chi connectivity index (χ4v) is 4.73. The van der Waals surface area contributed by atoms with E-state index in [4.69, 9.17) is 24.4 Å². The van der Waals surface area contributed by atoms with Gasteiger partial charge in [-0.05, 0) is 38.1 Å². The van der Waals surface area contributed by atoms with E-state index in [1.54, 1.807) is 0 Å². The van der Waals surface area contributed by atoms with Crippen molar-refractivity contribution in [3.8, 4) is 11.4 Å². The van der Waals surface area contributed by atoms with Crippen LogP contribution in [0.15, 0.2) is 60.7 Å². The third-order valence-electron chi connectivity index (χ3n) is 5.70. The van der Waals surface area contributed by atoms with Gasteiger partial charge in [0.15, 0.2) is 0 Å². The van der Waals surface area contributed by atoms with Gasteiger partial charge in [-0.1, -0.05) is 60.8 Å². The van der Waals surface area contributed by atoms with E-state index < -0.39 is 0 Å². The SMILES string of the molecule is Cc1c(Cc2c(C)n(C)n(-c3ccccc3)c2=S)c(=S)n(-c2ccccc2)n1C.[Cl-].[Cl-].[Co+2]. The minimum atomic E-state index is 0. The molecule has 0 amide bonds. The molecule has 0 bridgehead atoms. The Hall–Kier alpha value is -1.61. The summed E-state index contributed by atoms with van der Waals surface area (Å²) in [6, 6.07) is 20.5. The summed E-state index contributed by atoms with van der Waals surface area (Å²) in [5.41, 5.74) is 6.73. The zero-order valence-corrected chi connectivity index (χ0v) is 22.4. The molecule has 1 radical (unpaired) electrons. The number of aromatic nitrogens is 4. The number of halogens is 2. The third kappa shape index (κ3) is 4.83. The summed E-state index contributed by atoms with van der Waals surface area (Å²) in [4.78, 5) is 0. The summed E-state index contributed by atoms with van der Waals surface area (Å²) in [5.74, 6) is 0. The van der Waals surface area contributed by atoms with Gasteiger partial charge in [-0.15, -0.1) is 0 Å². The minimum absolute atomic E-state index is 0. The van der Waals surface area contributed by atoms with Crippen LogP contribution >= 0.6 is 24.4 Å². The first-order chi connectivity index (χ1) is 13.9. The van der Waals surface area contributed by atoms with Crippen molar-refractivity contribution in [2.24, 2.45) is 14.1 Å². The number of hydrogen-bond donors (Lipinski definition) is 0. The Balaban J connectivity index is 0.00000171. The predicted molar refractivity (Wildman–Crippen MR) is 123 cm³/mol. The molecule has 0 aliphatic heterocycles. The maximum absolute atomic E-state index is 5.90. The van der Waals surface area contributed by atoms with Crippen LogP contribution in [0.3, 0.4) is 0 Å². The smallest absolute Gasteiger partial charge is 1.00 e. The molecule has 0 N–H and O–H groups in total. The average Bonchev–Trinajstić information content (AvgIpc) is 3.08. The van der Waals surface area contributed by atoms with Crippen LogP contribution in [0.1, 0.15) is 22.5 Å². The van der Waals surface area contributed by atoms with Gasteiger partial charge in [0.2, 0.25) is 0 Å². The molecule has 2 aromatic heterocycles. The van der Waals surface area contributed by atoms with Gasteiger partial charge in [0.25, 0.3) is 0 Å². The normalized spacial score (nSPS) is 10.1. The van der Waals surface area contributed by atoms with E-state index in [-0.39, 0.29) is 41.6 Å². The second-order valence-corrected chi connectivity index (χ2v) is 8.03. The first-order valence-corrected chi connectivity index (χ1v) is 10.4. The molecule has 0 saturated heterocycles. The van der Waals surface area contributed by atoms with E-state index in [0.717, 1.165) is 49.6 Å². The zero-order valence-electron chi connectivity index (χ0n) is 18.2. The second kappa shape index (κ2) is 11.5. The fraction of sp³-hybridized carbons (Fsp3) is 0.217. The van der Waals surface area contributed by atoms with Gasteiger partial charge in [0, 0.05) is 43.0 Å². The van der Waals surface area contributed by atoms with Crippen LogP contribution < -0.4 is 24.8 Å². The van der Waals surface area contributed by atoms with Crippen LogP contribution in [0.5, 0.6) is 0 Å². The molecule has 9 heteroatoms. The van der Waals surface area contributed by atoms with E-state index in [1.165, 1.54) is 0 Å². The van der Waals surface area contributed by atoms with E-state index in [0.29, 0.717) is 0 Å². The minimum Gasteiger partial charge on any atom is -1.00 e. The maximum atomic E-state index is 5.90. The molecule has 0 aliphatic rings. The Morgan fingerprint density at radius 2 is 0.938 bits per heavy atom. The van der Waals surface area contributed by atoms with E-state index in [2.05, 4.69) is 70.9 Å². The van der Waals surface area contributed by atoms with E-state index in [9.17, 15) is 0 Å². The summed E-state index contributed by atoms with van der Waals surface area (Å²) in [6.07, 6.45) is 0.719. The molecule has 4 aromatic rings. The van der Waals surface area contributed by atoms with Crippen molar-refractivity contribution in [1.82, 2.24) is 18.7 Å².